The fraction of sp³-hybridized carbons (Fsp3) is 0.500. The molecule has 17 heavy (non-hydrogen) atoms. The second kappa shape index (κ2) is 3.83. The number of halogens is 6. The highest BCUT2D eigenvalue weighted by atomic mass is 19.4. The van der Waals surface area contributed by atoms with Crippen LogP contribution in [-0.2, 0) is 5.60 Å². The molecular weight excluding hydrogens is 254 g/mol. The van der Waals surface area contributed by atoms with Crippen LogP contribution < -0.4 is 0 Å². The molecule has 1 heterocycles. The molecule has 0 bridgehead atoms. The third-order valence-electron chi connectivity index (χ3n) is 2.02. The first-order valence-corrected chi connectivity index (χ1v) is 4.15. The molecule has 0 aromatic carbocycles. The van der Waals surface area contributed by atoms with Gasteiger partial charge in [-0.25, -0.2) is 9.97 Å². The normalized spacial score (nSPS) is 13.9. The smallest absolute Gasteiger partial charge is 0.369 e. The molecule has 0 atom stereocenters. The molecule has 0 aliphatic rings. The van der Waals surface area contributed by atoms with Gasteiger partial charge in [-0.2, -0.15) is 26.3 Å². The Labute approximate surface area is 91.1 Å². The van der Waals surface area contributed by atoms with E-state index in [2.05, 4.69) is 9.97 Å². The first kappa shape index (κ1) is 13.7. The van der Waals surface area contributed by atoms with Crippen LogP contribution in [0.25, 0.3) is 0 Å². The van der Waals surface area contributed by atoms with Gasteiger partial charge in [-0.15, -0.1) is 0 Å². The third kappa shape index (κ3) is 2.19. The van der Waals surface area contributed by atoms with E-state index in [4.69, 9.17) is 5.11 Å². The summed E-state index contributed by atoms with van der Waals surface area (Å²) in [5.74, 6) is -0.0135. The summed E-state index contributed by atoms with van der Waals surface area (Å²) in [6.45, 7) is 1.28. The monoisotopic (exact) mass is 260 g/mol. The van der Waals surface area contributed by atoms with Crippen molar-refractivity contribution in [3.63, 3.8) is 0 Å². The maximum absolute atomic E-state index is 12.4. The molecule has 3 nitrogen and oxygen atoms in total. The van der Waals surface area contributed by atoms with Gasteiger partial charge in [-0.3, -0.25) is 0 Å². The lowest BCUT2D eigenvalue weighted by Crippen LogP contribution is -2.54. The van der Waals surface area contributed by atoms with Gasteiger partial charge in [0.25, 0.3) is 5.60 Å². The fourth-order valence-corrected chi connectivity index (χ4v) is 1.07. The lowest BCUT2D eigenvalue weighted by atomic mass is 9.95. The Morgan fingerprint density at radius 3 is 1.59 bits per heavy atom. The molecule has 0 fully saturated rings. The van der Waals surface area contributed by atoms with Crippen LogP contribution in [-0.4, -0.2) is 27.4 Å². The first-order chi connectivity index (χ1) is 7.50. The molecule has 0 saturated heterocycles. The van der Waals surface area contributed by atoms with Crippen LogP contribution in [0.3, 0.4) is 0 Å². The minimum absolute atomic E-state index is 0.0135. The third-order valence-corrected chi connectivity index (χ3v) is 2.02. The highest BCUT2D eigenvalue weighted by molar-refractivity contribution is 5.20. The molecule has 9 heteroatoms. The molecular formula is C8H6F6N2O. The summed E-state index contributed by atoms with van der Waals surface area (Å²) in [7, 11) is 0. The van der Waals surface area contributed by atoms with E-state index in [1.54, 1.807) is 0 Å². The largest absolute Gasteiger partial charge is 0.430 e. The van der Waals surface area contributed by atoms with E-state index in [1.807, 2.05) is 0 Å². The van der Waals surface area contributed by atoms with Gasteiger partial charge in [0, 0.05) is 18.0 Å². The van der Waals surface area contributed by atoms with E-state index >= 15 is 0 Å². The number of aromatic nitrogens is 2. The zero-order valence-electron chi connectivity index (χ0n) is 8.26. The van der Waals surface area contributed by atoms with Crippen molar-refractivity contribution in [2.75, 3.05) is 0 Å². The summed E-state index contributed by atoms with van der Waals surface area (Å²) in [6.07, 6.45) is -11.2. The second-order valence-corrected chi connectivity index (χ2v) is 3.22. The maximum atomic E-state index is 12.4. The van der Waals surface area contributed by atoms with Crippen molar-refractivity contribution >= 4 is 0 Å². The van der Waals surface area contributed by atoms with Crippen molar-refractivity contribution in [3.05, 3.63) is 23.8 Å². The second-order valence-electron chi connectivity index (χ2n) is 3.22. The molecule has 0 aliphatic heterocycles. The molecule has 0 aliphatic carbocycles. The molecule has 1 rings (SSSR count). The predicted molar refractivity (Wildman–Crippen MR) is 42.8 cm³/mol. The lowest BCUT2D eigenvalue weighted by molar-refractivity contribution is -0.376. The van der Waals surface area contributed by atoms with Crippen molar-refractivity contribution in [1.29, 1.82) is 0 Å². The van der Waals surface area contributed by atoms with Gasteiger partial charge in [0.1, 0.15) is 5.82 Å². The Morgan fingerprint density at radius 1 is 0.941 bits per heavy atom. The van der Waals surface area contributed by atoms with E-state index in [0.29, 0.717) is 12.4 Å². The summed E-state index contributed by atoms with van der Waals surface area (Å²) in [4.78, 5) is 6.40. The molecule has 0 radical (unpaired) electrons. The molecule has 0 amide bonds. The summed E-state index contributed by atoms with van der Waals surface area (Å²) in [5.41, 5.74) is -6.43. The van der Waals surface area contributed by atoms with Gasteiger partial charge in [0.2, 0.25) is 0 Å². The van der Waals surface area contributed by atoms with E-state index < -0.39 is 23.5 Å². The van der Waals surface area contributed by atoms with Crippen LogP contribution in [0.15, 0.2) is 12.4 Å². The Kier molecular flexibility index (Phi) is 3.08. The van der Waals surface area contributed by atoms with E-state index in [1.165, 1.54) is 6.92 Å². The quantitative estimate of drug-likeness (QED) is 0.786. The zero-order valence-corrected chi connectivity index (χ0v) is 8.26. The van der Waals surface area contributed by atoms with Gasteiger partial charge in [0.15, 0.2) is 0 Å². The van der Waals surface area contributed by atoms with Gasteiger partial charge < -0.3 is 5.11 Å². The van der Waals surface area contributed by atoms with Crippen molar-refractivity contribution in [2.24, 2.45) is 0 Å². The number of hydrogen-bond donors (Lipinski definition) is 1. The van der Waals surface area contributed by atoms with E-state index in [-0.39, 0.29) is 5.82 Å². The van der Waals surface area contributed by atoms with E-state index in [0.717, 1.165) is 0 Å². The summed E-state index contributed by atoms with van der Waals surface area (Å²) < 4.78 is 74.2. The maximum Gasteiger partial charge on any atom is 0.430 e. The van der Waals surface area contributed by atoms with Crippen molar-refractivity contribution in [2.45, 2.75) is 24.9 Å². The first-order valence-electron chi connectivity index (χ1n) is 4.15. The van der Waals surface area contributed by atoms with Crippen molar-refractivity contribution in [1.82, 2.24) is 9.97 Å². The minimum atomic E-state index is -5.91. The summed E-state index contributed by atoms with van der Waals surface area (Å²) in [5, 5.41) is 8.92. The van der Waals surface area contributed by atoms with Crippen LogP contribution >= 0.6 is 0 Å². The molecule has 0 saturated carbocycles. The van der Waals surface area contributed by atoms with Gasteiger partial charge in [-0.05, 0) is 6.92 Å². The molecule has 96 valence electrons. The number of hydrogen-bond acceptors (Lipinski definition) is 3. The topological polar surface area (TPSA) is 46.0 Å². The Hall–Kier alpha value is -1.38. The van der Waals surface area contributed by atoms with E-state index in [9.17, 15) is 26.3 Å². The number of nitrogens with zero attached hydrogens (tertiary/aromatic N) is 2. The highest BCUT2D eigenvalue weighted by Gasteiger charge is 2.71. The van der Waals surface area contributed by atoms with Crippen LogP contribution in [0.2, 0.25) is 0 Å². The number of rotatable bonds is 1. The molecule has 1 aromatic heterocycles. The SMILES string of the molecule is Cc1ncc(C(O)(C(F)(F)F)C(F)(F)F)cn1. The Bertz CT molecular complexity index is 382. The fourth-order valence-electron chi connectivity index (χ4n) is 1.07. The molecule has 0 spiro atoms. The standard InChI is InChI=1S/C8H6F6N2O/c1-4-15-2-5(3-16-4)6(17,7(9,10)11)8(12,13)14/h2-3,17H,1H3. The number of aryl methyl sites for hydroxylation is 1. The molecule has 1 N–H and O–H groups in total. The van der Waals surface area contributed by atoms with Crippen LogP contribution in [0.4, 0.5) is 26.3 Å². The van der Waals surface area contributed by atoms with Crippen LogP contribution in [0.1, 0.15) is 11.4 Å². The average molecular weight is 260 g/mol. The van der Waals surface area contributed by atoms with Gasteiger partial charge in [0.05, 0.1) is 0 Å². The number of alkyl halides is 6. The van der Waals surface area contributed by atoms with Gasteiger partial charge in [-0.1, -0.05) is 0 Å². The molecule has 0 unspecified atom stereocenters. The van der Waals surface area contributed by atoms with Crippen molar-refractivity contribution in [3.8, 4) is 0 Å². The average Bonchev–Trinajstić information content (AvgIpc) is 2.14. The Morgan fingerprint density at radius 2 is 1.29 bits per heavy atom. The Balaban J connectivity index is 3.41. The minimum Gasteiger partial charge on any atom is -0.369 e. The zero-order chi connectivity index (χ0) is 13.5. The van der Waals surface area contributed by atoms with Crippen LogP contribution in [0.5, 0.6) is 0 Å². The van der Waals surface area contributed by atoms with Crippen LogP contribution in [0, 0.1) is 6.92 Å². The number of aliphatic hydroxyl groups is 1. The molecule has 1 aromatic rings. The predicted octanol–water partition coefficient (Wildman–Crippen LogP) is 2.10. The summed E-state index contributed by atoms with van der Waals surface area (Å²) in [6, 6.07) is 0. The van der Waals surface area contributed by atoms with Gasteiger partial charge >= 0.3 is 12.4 Å². The summed E-state index contributed by atoms with van der Waals surface area (Å²) >= 11 is 0. The highest BCUT2D eigenvalue weighted by Crippen LogP contribution is 2.49. The van der Waals surface area contributed by atoms with Crippen molar-refractivity contribution < 1.29 is 31.4 Å². The lowest BCUT2D eigenvalue weighted by Gasteiger charge is -2.31.